The molecule has 1 aliphatic rings. The van der Waals surface area contributed by atoms with Gasteiger partial charge in [-0.2, -0.15) is 4.72 Å². The Bertz CT molecular complexity index is 1380. The van der Waals surface area contributed by atoms with Crippen molar-refractivity contribution < 1.29 is 27.5 Å². The van der Waals surface area contributed by atoms with E-state index in [9.17, 15) is 23.1 Å². The lowest BCUT2D eigenvalue weighted by Gasteiger charge is -2.35. The molecular formula is C25H27FN6O5S. The zero-order valence-corrected chi connectivity index (χ0v) is 21.1. The molecule has 1 fully saturated rings. The lowest BCUT2D eigenvalue weighted by molar-refractivity contribution is -0.138. The Morgan fingerprint density at radius 3 is 2.53 bits per heavy atom. The molecule has 0 saturated carbocycles. The van der Waals surface area contributed by atoms with Crippen LogP contribution in [0.4, 0.5) is 16.0 Å². The van der Waals surface area contributed by atoms with Gasteiger partial charge in [0.2, 0.25) is 16.0 Å². The molecular weight excluding hydrogens is 515 g/mol. The first-order valence-electron chi connectivity index (χ1n) is 11.9. The molecule has 2 aromatic carbocycles. The summed E-state index contributed by atoms with van der Waals surface area (Å²) in [4.78, 5) is 34.3. The highest BCUT2D eigenvalue weighted by Gasteiger charge is 2.27. The SMILES string of the molecule is O=C(NC[C@H](NS(=O)(=O)c1ccccc1)C(=O)O)c1ccc(N2CCC[C@H](Nc3ncccn3)C2)c(F)c1. The van der Waals surface area contributed by atoms with Crippen LogP contribution in [0.5, 0.6) is 0 Å². The molecule has 11 nitrogen and oxygen atoms in total. The van der Waals surface area contributed by atoms with Gasteiger partial charge in [0, 0.05) is 43.6 Å². The number of carbonyl (C=O) groups excluding carboxylic acids is 1. The van der Waals surface area contributed by atoms with Crippen molar-refractivity contribution in [3.63, 3.8) is 0 Å². The van der Waals surface area contributed by atoms with E-state index in [0.29, 0.717) is 24.7 Å². The second-order valence-electron chi connectivity index (χ2n) is 8.70. The second kappa shape index (κ2) is 12.0. The summed E-state index contributed by atoms with van der Waals surface area (Å²) >= 11 is 0. The van der Waals surface area contributed by atoms with E-state index in [-0.39, 0.29) is 16.5 Å². The number of piperidine rings is 1. The fraction of sp³-hybridized carbons (Fsp3) is 0.280. The Balaban J connectivity index is 1.37. The number of nitrogens with zero attached hydrogens (tertiary/aromatic N) is 3. The molecule has 13 heteroatoms. The molecule has 0 unspecified atom stereocenters. The zero-order chi connectivity index (χ0) is 27.1. The summed E-state index contributed by atoms with van der Waals surface area (Å²) in [6.45, 7) is 0.616. The number of benzene rings is 2. The Kier molecular flexibility index (Phi) is 8.48. The molecule has 0 bridgehead atoms. The van der Waals surface area contributed by atoms with Gasteiger partial charge in [-0.25, -0.2) is 22.8 Å². The lowest BCUT2D eigenvalue weighted by Crippen LogP contribution is -2.48. The summed E-state index contributed by atoms with van der Waals surface area (Å²) < 4.78 is 42.0. The summed E-state index contributed by atoms with van der Waals surface area (Å²) in [5.41, 5.74) is 0.312. The molecule has 0 aliphatic carbocycles. The van der Waals surface area contributed by atoms with Crippen LogP contribution in [0.25, 0.3) is 0 Å². The van der Waals surface area contributed by atoms with Crippen molar-refractivity contribution >= 4 is 33.5 Å². The van der Waals surface area contributed by atoms with Gasteiger partial charge < -0.3 is 20.6 Å². The quantitative estimate of drug-likeness (QED) is 0.301. The van der Waals surface area contributed by atoms with Crippen LogP contribution in [0.1, 0.15) is 23.2 Å². The van der Waals surface area contributed by atoms with E-state index in [1.54, 1.807) is 24.5 Å². The number of sulfonamides is 1. The lowest BCUT2D eigenvalue weighted by atomic mass is 10.0. The van der Waals surface area contributed by atoms with E-state index in [4.69, 9.17) is 0 Å². The smallest absolute Gasteiger partial charge is 0.323 e. The predicted molar refractivity (Wildman–Crippen MR) is 138 cm³/mol. The van der Waals surface area contributed by atoms with Gasteiger partial charge in [-0.3, -0.25) is 9.59 Å². The molecule has 1 aliphatic heterocycles. The van der Waals surface area contributed by atoms with E-state index >= 15 is 4.39 Å². The minimum absolute atomic E-state index is 0.0149. The van der Waals surface area contributed by atoms with Crippen molar-refractivity contribution in [2.45, 2.75) is 29.8 Å². The van der Waals surface area contributed by atoms with Gasteiger partial charge in [0.15, 0.2) is 0 Å². The largest absolute Gasteiger partial charge is 0.480 e. The van der Waals surface area contributed by atoms with Crippen LogP contribution >= 0.6 is 0 Å². The number of hydrogen-bond donors (Lipinski definition) is 4. The molecule has 2 heterocycles. The number of amides is 1. The Morgan fingerprint density at radius 2 is 1.84 bits per heavy atom. The summed E-state index contributed by atoms with van der Waals surface area (Å²) in [5, 5.41) is 15.1. The van der Waals surface area contributed by atoms with E-state index in [1.807, 2.05) is 4.90 Å². The maximum Gasteiger partial charge on any atom is 0.323 e. The third-order valence-electron chi connectivity index (χ3n) is 5.99. The number of anilines is 2. The van der Waals surface area contributed by atoms with Crippen LogP contribution in [-0.2, 0) is 14.8 Å². The molecule has 1 saturated heterocycles. The Labute approximate surface area is 219 Å². The molecule has 0 radical (unpaired) electrons. The average molecular weight is 543 g/mol. The van der Waals surface area contributed by atoms with Crippen molar-refractivity contribution in [3.8, 4) is 0 Å². The fourth-order valence-electron chi connectivity index (χ4n) is 4.11. The Morgan fingerprint density at radius 1 is 1.11 bits per heavy atom. The maximum absolute atomic E-state index is 15.0. The first kappa shape index (κ1) is 26.9. The molecule has 4 rings (SSSR count). The Hall–Kier alpha value is -4.10. The molecule has 38 heavy (non-hydrogen) atoms. The predicted octanol–water partition coefficient (Wildman–Crippen LogP) is 1.86. The van der Waals surface area contributed by atoms with Gasteiger partial charge >= 0.3 is 5.97 Å². The van der Waals surface area contributed by atoms with Crippen LogP contribution in [0, 0.1) is 5.82 Å². The standard InChI is InChI=1S/C25H27FN6O5S/c26-20-14-17(9-10-22(20)32-13-4-6-18(16-32)30-25-27-11-5-12-28-25)23(33)29-15-21(24(34)35)31-38(36,37)19-7-2-1-3-8-19/h1-3,5,7-12,14,18,21,31H,4,6,13,15-16H2,(H,29,33)(H,34,35)(H,27,28,30)/t18-,21-/m0/s1. The van der Waals surface area contributed by atoms with E-state index in [2.05, 4.69) is 25.3 Å². The highest BCUT2D eigenvalue weighted by Crippen LogP contribution is 2.25. The monoisotopic (exact) mass is 542 g/mol. The van der Waals surface area contributed by atoms with E-state index < -0.39 is 40.3 Å². The topological polar surface area (TPSA) is 154 Å². The molecule has 4 N–H and O–H groups in total. The number of nitrogens with one attached hydrogen (secondary N) is 3. The van der Waals surface area contributed by atoms with Crippen molar-refractivity contribution in [2.75, 3.05) is 29.9 Å². The van der Waals surface area contributed by atoms with Crippen LogP contribution in [0.15, 0.2) is 71.9 Å². The van der Waals surface area contributed by atoms with Crippen LogP contribution < -0.4 is 20.3 Å². The number of carboxylic acids is 1. The molecule has 1 amide bonds. The minimum atomic E-state index is -4.13. The number of rotatable bonds is 10. The van der Waals surface area contributed by atoms with E-state index in [1.165, 1.54) is 36.4 Å². The summed E-state index contributed by atoms with van der Waals surface area (Å²) in [7, 11) is -4.13. The minimum Gasteiger partial charge on any atom is -0.480 e. The van der Waals surface area contributed by atoms with Crippen LogP contribution in [0.2, 0.25) is 0 Å². The number of carboxylic acid groups (broad SMARTS) is 1. The molecule has 200 valence electrons. The van der Waals surface area contributed by atoms with Gasteiger partial charge in [-0.1, -0.05) is 18.2 Å². The highest BCUT2D eigenvalue weighted by molar-refractivity contribution is 7.89. The van der Waals surface area contributed by atoms with Crippen LogP contribution in [-0.4, -0.2) is 67.1 Å². The fourth-order valence-corrected chi connectivity index (χ4v) is 5.32. The maximum atomic E-state index is 15.0. The van der Waals surface area contributed by atoms with Crippen molar-refractivity contribution in [2.24, 2.45) is 0 Å². The van der Waals surface area contributed by atoms with Gasteiger partial charge in [0.25, 0.3) is 5.91 Å². The van der Waals surface area contributed by atoms with Crippen LogP contribution in [0.3, 0.4) is 0 Å². The average Bonchev–Trinajstić information content (AvgIpc) is 2.92. The third kappa shape index (κ3) is 6.81. The second-order valence-corrected chi connectivity index (χ2v) is 10.4. The molecule has 2 atom stereocenters. The van der Waals surface area contributed by atoms with Crippen molar-refractivity contribution in [1.29, 1.82) is 0 Å². The van der Waals surface area contributed by atoms with Crippen molar-refractivity contribution in [3.05, 3.63) is 78.4 Å². The van der Waals surface area contributed by atoms with Gasteiger partial charge in [0.1, 0.15) is 11.9 Å². The number of halogens is 1. The first-order chi connectivity index (χ1) is 18.2. The first-order valence-corrected chi connectivity index (χ1v) is 13.4. The molecule has 1 aromatic heterocycles. The summed E-state index contributed by atoms with van der Waals surface area (Å²) in [6, 6.07) is 11.4. The highest BCUT2D eigenvalue weighted by atomic mass is 32.2. The third-order valence-corrected chi connectivity index (χ3v) is 7.47. The summed E-state index contributed by atoms with van der Waals surface area (Å²) in [5.74, 6) is -2.31. The number of aliphatic carboxylic acids is 1. The number of aromatic nitrogens is 2. The molecule has 0 spiro atoms. The molecule has 3 aromatic rings. The normalized spacial score (nSPS) is 16.4. The van der Waals surface area contributed by atoms with Crippen molar-refractivity contribution in [1.82, 2.24) is 20.0 Å². The number of hydrogen-bond acceptors (Lipinski definition) is 8. The number of carbonyl (C=O) groups is 2. The van der Waals surface area contributed by atoms with Gasteiger partial charge in [0.05, 0.1) is 10.6 Å². The van der Waals surface area contributed by atoms with E-state index in [0.717, 1.165) is 18.9 Å². The van der Waals surface area contributed by atoms with Gasteiger partial charge in [-0.05, 0) is 49.2 Å². The van der Waals surface area contributed by atoms with Gasteiger partial charge in [-0.15, -0.1) is 0 Å². The zero-order valence-electron chi connectivity index (χ0n) is 20.2. The summed E-state index contributed by atoms with van der Waals surface area (Å²) in [6.07, 6.45) is 4.96.